The van der Waals surface area contributed by atoms with Crippen LogP contribution in [0.3, 0.4) is 0 Å². The van der Waals surface area contributed by atoms with E-state index in [0.29, 0.717) is 26.1 Å². The van der Waals surface area contributed by atoms with Crippen LogP contribution in [0.15, 0.2) is 53.4 Å². The maximum absolute atomic E-state index is 13.1. The van der Waals surface area contributed by atoms with Crippen LogP contribution in [-0.4, -0.2) is 55.8 Å². The zero-order chi connectivity index (χ0) is 22.6. The van der Waals surface area contributed by atoms with Crippen LogP contribution in [0.5, 0.6) is 0 Å². The molecule has 9 heteroatoms. The van der Waals surface area contributed by atoms with E-state index in [1.54, 1.807) is 19.1 Å². The van der Waals surface area contributed by atoms with E-state index in [2.05, 4.69) is 5.32 Å². The summed E-state index contributed by atoms with van der Waals surface area (Å²) in [6, 6.07) is 10.0. The first-order chi connectivity index (χ1) is 14.7. The van der Waals surface area contributed by atoms with Gasteiger partial charge < -0.3 is 5.32 Å². The average Bonchev–Trinajstić information content (AvgIpc) is 3.00. The third kappa shape index (κ3) is 5.66. The fraction of sp³-hybridized carbons (Fsp3) is 0.409. The Labute approximate surface area is 181 Å². The summed E-state index contributed by atoms with van der Waals surface area (Å²) in [5.41, 5.74) is 0.800. The van der Waals surface area contributed by atoms with Crippen molar-refractivity contribution in [2.24, 2.45) is 0 Å². The van der Waals surface area contributed by atoms with Crippen molar-refractivity contribution in [2.45, 2.75) is 37.2 Å². The number of benzene rings is 2. The molecule has 2 aromatic rings. The minimum Gasteiger partial charge on any atom is -0.348 e. The Balaban J connectivity index is 1.61. The summed E-state index contributed by atoms with van der Waals surface area (Å²) >= 11 is 0. The van der Waals surface area contributed by atoms with Crippen molar-refractivity contribution < 1.29 is 22.0 Å². The maximum atomic E-state index is 13.1. The highest BCUT2D eigenvalue weighted by molar-refractivity contribution is 7.89. The molecule has 2 atom stereocenters. The number of halogens is 2. The fourth-order valence-corrected chi connectivity index (χ4v) is 5.10. The van der Waals surface area contributed by atoms with Gasteiger partial charge in [0.2, 0.25) is 15.9 Å². The molecule has 0 saturated carbocycles. The van der Waals surface area contributed by atoms with Gasteiger partial charge in [-0.2, -0.15) is 4.31 Å². The lowest BCUT2D eigenvalue weighted by Crippen LogP contribution is -2.47. The molecule has 0 unspecified atom stereocenters. The first kappa shape index (κ1) is 23.3. The summed E-state index contributed by atoms with van der Waals surface area (Å²) in [6.45, 7) is 5.17. The molecule has 0 aliphatic carbocycles. The largest absolute Gasteiger partial charge is 0.348 e. The monoisotopic (exact) mass is 451 g/mol. The van der Waals surface area contributed by atoms with Crippen LogP contribution in [0.2, 0.25) is 0 Å². The number of carbonyl (C=O) groups excluding carboxylic acids is 1. The van der Waals surface area contributed by atoms with Crippen molar-refractivity contribution in [3.8, 4) is 0 Å². The quantitative estimate of drug-likeness (QED) is 0.733. The Morgan fingerprint density at radius 2 is 1.48 bits per heavy atom. The molecule has 0 bridgehead atoms. The van der Waals surface area contributed by atoms with E-state index in [1.807, 2.05) is 11.8 Å². The molecule has 0 aromatic heterocycles. The lowest BCUT2D eigenvalue weighted by molar-refractivity contribution is -0.126. The number of rotatable bonds is 6. The van der Waals surface area contributed by atoms with E-state index in [-0.39, 0.29) is 29.2 Å². The highest BCUT2D eigenvalue weighted by atomic mass is 32.2. The van der Waals surface area contributed by atoms with E-state index >= 15 is 0 Å². The Bertz CT molecular complexity index is 998. The number of nitrogens with one attached hydrogen (secondary N) is 1. The zero-order valence-corrected chi connectivity index (χ0v) is 18.4. The second-order valence-electron chi connectivity index (χ2n) is 7.71. The highest BCUT2D eigenvalue weighted by Gasteiger charge is 2.30. The molecule has 3 rings (SSSR count). The Hall–Kier alpha value is -2.36. The van der Waals surface area contributed by atoms with Crippen molar-refractivity contribution in [3.05, 3.63) is 65.7 Å². The van der Waals surface area contributed by atoms with Crippen molar-refractivity contribution in [3.63, 3.8) is 0 Å². The number of hydrogen-bond acceptors (Lipinski definition) is 4. The van der Waals surface area contributed by atoms with Gasteiger partial charge in [-0.1, -0.05) is 12.1 Å². The normalized spacial score (nSPS) is 18.2. The van der Waals surface area contributed by atoms with Gasteiger partial charge in [0.05, 0.1) is 17.0 Å². The lowest BCUT2D eigenvalue weighted by Gasteiger charge is -2.28. The summed E-state index contributed by atoms with van der Waals surface area (Å²) in [5, 5.41) is 2.94. The molecule has 1 aliphatic rings. The second-order valence-corrected chi connectivity index (χ2v) is 9.64. The molecule has 0 radical (unpaired) electrons. The maximum Gasteiger partial charge on any atom is 0.243 e. The van der Waals surface area contributed by atoms with Gasteiger partial charge in [-0.25, -0.2) is 17.2 Å². The van der Waals surface area contributed by atoms with E-state index in [0.717, 1.165) is 17.7 Å². The topological polar surface area (TPSA) is 69.7 Å². The van der Waals surface area contributed by atoms with Gasteiger partial charge in [-0.15, -0.1) is 0 Å². The fourth-order valence-electron chi connectivity index (χ4n) is 3.63. The van der Waals surface area contributed by atoms with Crippen LogP contribution in [0.1, 0.15) is 31.9 Å². The molecule has 1 saturated heterocycles. The molecule has 6 nitrogen and oxygen atoms in total. The molecule has 1 amide bonds. The first-order valence-electron chi connectivity index (χ1n) is 10.2. The predicted octanol–water partition coefficient (Wildman–Crippen LogP) is 2.93. The third-order valence-corrected chi connectivity index (χ3v) is 7.51. The Morgan fingerprint density at radius 1 is 0.903 bits per heavy atom. The predicted molar refractivity (Wildman–Crippen MR) is 114 cm³/mol. The first-order valence-corrected chi connectivity index (χ1v) is 11.7. The summed E-state index contributed by atoms with van der Waals surface area (Å²) in [7, 11) is -3.72. The number of carbonyl (C=O) groups is 1. The van der Waals surface area contributed by atoms with Crippen molar-refractivity contribution >= 4 is 15.9 Å². The smallest absolute Gasteiger partial charge is 0.243 e. The molecule has 0 spiro atoms. The highest BCUT2D eigenvalue weighted by Crippen LogP contribution is 2.19. The Kier molecular flexibility index (Phi) is 7.40. The van der Waals surface area contributed by atoms with Crippen LogP contribution in [0.4, 0.5) is 8.78 Å². The number of nitrogens with zero attached hydrogens (tertiary/aromatic N) is 2. The summed E-state index contributed by atoms with van der Waals surface area (Å²) in [5.74, 6) is -0.997. The van der Waals surface area contributed by atoms with Crippen LogP contribution < -0.4 is 5.32 Å². The van der Waals surface area contributed by atoms with Crippen molar-refractivity contribution in [1.29, 1.82) is 0 Å². The number of sulfonamides is 1. The van der Waals surface area contributed by atoms with Gasteiger partial charge in [-0.05, 0) is 62.2 Å². The molecule has 1 aliphatic heterocycles. The van der Waals surface area contributed by atoms with Gasteiger partial charge in [0, 0.05) is 26.2 Å². The summed E-state index contributed by atoms with van der Waals surface area (Å²) in [6.07, 6.45) is 0.575. The van der Waals surface area contributed by atoms with E-state index in [9.17, 15) is 22.0 Å². The van der Waals surface area contributed by atoms with Crippen molar-refractivity contribution in [2.75, 3.05) is 26.2 Å². The van der Waals surface area contributed by atoms with E-state index in [1.165, 1.54) is 28.6 Å². The molecule has 168 valence electrons. The minimum absolute atomic E-state index is 0.0567. The molecular weight excluding hydrogens is 424 g/mol. The molecule has 1 fully saturated rings. The van der Waals surface area contributed by atoms with Crippen LogP contribution in [0.25, 0.3) is 0 Å². The van der Waals surface area contributed by atoms with Gasteiger partial charge in [-0.3, -0.25) is 9.69 Å². The molecular formula is C22H27F2N3O3S. The van der Waals surface area contributed by atoms with E-state index in [4.69, 9.17) is 0 Å². The molecule has 1 N–H and O–H groups in total. The SMILES string of the molecule is C[C@H](NC(=O)[C@H](C)N1CCCN(S(=O)(=O)c2ccc(F)cc2)CC1)c1ccc(F)cc1. The molecule has 31 heavy (non-hydrogen) atoms. The van der Waals surface area contributed by atoms with E-state index < -0.39 is 21.9 Å². The van der Waals surface area contributed by atoms with Crippen LogP contribution >= 0.6 is 0 Å². The average molecular weight is 452 g/mol. The standard InChI is InChI=1S/C22H27F2N3O3S/c1-16(18-4-6-19(23)7-5-18)25-22(28)17(2)26-12-3-13-27(15-14-26)31(29,30)21-10-8-20(24)9-11-21/h4-11,16-17H,3,12-15H2,1-2H3,(H,25,28)/t16-,17-/m0/s1. The third-order valence-electron chi connectivity index (χ3n) is 5.60. The minimum atomic E-state index is -3.72. The van der Waals surface area contributed by atoms with Gasteiger partial charge >= 0.3 is 0 Å². The summed E-state index contributed by atoms with van der Waals surface area (Å²) in [4.78, 5) is 14.8. The zero-order valence-electron chi connectivity index (χ0n) is 17.6. The van der Waals surface area contributed by atoms with Gasteiger partial charge in [0.15, 0.2) is 0 Å². The Morgan fingerprint density at radius 3 is 2.10 bits per heavy atom. The van der Waals surface area contributed by atoms with Crippen LogP contribution in [-0.2, 0) is 14.8 Å². The number of amides is 1. The van der Waals surface area contributed by atoms with Gasteiger partial charge in [0.25, 0.3) is 0 Å². The second kappa shape index (κ2) is 9.84. The summed E-state index contributed by atoms with van der Waals surface area (Å²) < 4.78 is 53.4. The molecule has 1 heterocycles. The van der Waals surface area contributed by atoms with Gasteiger partial charge in [0.1, 0.15) is 11.6 Å². The van der Waals surface area contributed by atoms with Crippen molar-refractivity contribution in [1.82, 2.24) is 14.5 Å². The molecule has 2 aromatic carbocycles. The lowest BCUT2D eigenvalue weighted by atomic mass is 10.1. The number of hydrogen-bond donors (Lipinski definition) is 1. The van der Waals surface area contributed by atoms with Crippen LogP contribution in [0, 0.1) is 11.6 Å².